The van der Waals surface area contributed by atoms with Crippen LogP contribution in [0.1, 0.15) is 25.3 Å². The number of piperidine rings is 1. The van der Waals surface area contributed by atoms with Crippen molar-refractivity contribution in [3.8, 4) is 5.75 Å². The quantitative estimate of drug-likeness (QED) is 0.876. The molecule has 1 aliphatic rings. The van der Waals surface area contributed by atoms with Gasteiger partial charge >= 0.3 is 0 Å². The Hall–Kier alpha value is -2.00. The van der Waals surface area contributed by atoms with Crippen LogP contribution in [0.5, 0.6) is 5.75 Å². The fourth-order valence-corrected chi connectivity index (χ4v) is 3.53. The van der Waals surface area contributed by atoms with Crippen LogP contribution in [0.3, 0.4) is 0 Å². The molecule has 0 saturated carbocycles. The van der Waals surface area contributed by atoms with Gasteiger partial charge in [0.1, 0.15) is 5.75 Å². The largest absolute Gasteiger partial charge is 0.494 e. The van der Waals surface area contributed by atoms with E-state index in [1.54, 1.807) is 0 Å². The Bertz CT molecular complexity index is 611. The van der Waals surface area contributed by atoms with Gasteiger partial charge in [-0.15, -0.1) is 0 Å². The lowest BCUT2D eigenvalue weighted by atomic mass is 9.89. The number of hydrogen-bond donors (Lipinski definition) is 1. The molecule has 2 aromatic carbocycles. The van der Waals surface area contributed by atoms with E-state index in [0.717, 1.165) is 44.7 Å². The molecule has 0 amide bonds. The molecule has 0 aromatic heterocycles. The van der Waals surface area contributed by atoms with Crippen molar-refractivity contribution in [1.29, 1.82) is 0 Å². The Labute approximate surface area is 145 Å². The summed E-state index contributed by atoms with van der Waals surface area (Å²) in [6.45, 7) is 4.89. The van der Waals surface area contributed by atoms with Crippen LogP contribution in [0.2, 0.25) is 0 Å². The molecule has 2 unspecified atom stereocenters. The molecule has 2 atom stereocenters. The molecule has 2 aromatic rings. The average molecular weight is 324 g/mol. The zero-order valence-corrected chi connectivity index (χ0v) is 14.5. The highest BCUT2D eigenvalue weighted by Crippen LogP contribution is 2.26. The normalized spacial score (nSPS) is 20.8. The molecule has 0 bridgehead atoms. The van der Waals surface area contributed by atoms with Gasteiger partial charge in [-0.3, -0.25) is 0 Å². The van der Waals surface area contributed by atoms with Crippen molar-refractivity contribution in [3.05, 3.63) is 60.2 Å². The summed E-state index contributed by atoms with van der Waals surface area (Å²) in [5.74, 6) is 1.55. The number of rotatable bonds is 6. The summed E-state index contributed by atoms with van der Waals surface area (Å²) in [4.78, 5) is 2.42. The van der Waals surface area contributed by atoms with Gasteiger partial charge in [-0.05, 0) is 55.0 Å². The van der Waals surface area contributed by atoms with Gasteiger partial charge < -0.3 is 15.4 Å². The standard InChI is InChI=1S/C21H28N2O/c1-2-12-24-21-10-8-20(9-11-21)23-15-18(14-19(22)16-23)13-17-6-4-3-5-7-17/h3-11,18-19H,2,12-16,22H2,1H3. The lowest BCUT2D eigenvalue weighted by Gasteiger charge is -2.38. The first kappa shape index (κ1) is 16.8. The molecule has 1 heterocycles. The molecule has 3 heteroatoms. The van der Waals surface area contributed by atoms with Crippen molar-refractivity contribution >= 4 is 5.69 Å². The highest BCUT2D eigenvalue weighted by Gasteiger charge is 2.25. The summed E-state index contributed by atoms with van der Waals surface area (Å²) in [5.41, 5.74) is 8.98. The number of benzene rings is 2. The van der Waals surface area contributed by atoms with E-state index in [1.807, 2.05) is 0 Å². The Morgan fingerprint density at radius 2 is 1.79 bits per heavy atom. The minimum absolute atomic E-state index is 0.239. The van der Waals surface area contributed by atoms with Crippen molar-refractivity contribution in [3.63, 3.8) is 0 Å². The van der Waals surface area contributed by atoms with Crippen LogP contribution >= 0.6 is 0 Å². The zero-order valence-electron chi connectivity index (χ0n) is 14.5. The smallest absolute Gasteiger partial charge is 0.119 e. The van der Waals surface area contributed by atoms with Crippen LogP contribution in [0.25, 0.3) is 0 Å². The fourth-order valence-electron chi connectivity index (χ4n) is 3.53. The van der Waals surface area contributed by atoms with E-state index < -0.39 is 0 Å². The molecular formula is C21H28N2O. The second-order valence-corrected chi connectivity index (χ2v) is 6.80. The number of hydrogen-bond acceptors (Lipinski definition) is 3. The first-order valence-corrected chi connectivity index (χ1v) is 9.02. The Morgan fingerprint density at radius 3 is 2.50 bits per heavy atom. The first-order valence-electron chi connectivity index (χ1n) is 9.02. The molecular weight excluding hydrogens is 296 g/mol. The van der Waals surface area contributed by atoms with Crippen molar-refractivity contribution in [1.82, 2.24) is 0 Å². The van der Waals surface area contributed by atoms with Crippen LogP contribution in [0, 0.1) is 5.92 Å². The summed E-state index contributed by atoms with van der Waals surface area (Å²) < 4.78 is 5.68. The van der Waals surface area contributed by atoms with Crippen molar-refractivity contribution < 1.29 is 4.74 Å². The summed E-state index contributed by atoms with van der Waals surface area (Å²) in [6.07, 6.45) is 3.23. The average Bonchev–Trinajstić information content (AvgIpc) is 2.61. The first-order chi connectivity index (χ1) is 11.7. The van der Waals surface area contributed by atoms with Gasteiger partial charge in [0, 0.05) is 24.8 Å². The molecule has 1 saturated heterocycles. The summed E-state index contributed by atoms with van der Waals surface area (Å²) in [5, 5.41) is 0. The lowest BCUT2D eigenvalue weighted by molar-refractivity contribution is 0.317. The molecule has 128 valence electrons. The van der Waals surface area contributed by atoms with Crippen LogP contribution in [-0.2, 0) is 6.42 Å². The van der Waals surface area contributed by atoms with Gasteiger partial charge in [0.15, 0.2) is 0 Å². The van der Waals surface area contributed by atoms with Gasteiger partial charge in [-0.1, -0.05) is 37.3 Å². The molecule has 2 N–H and O–H groups in total. The summed E-state index contributed by atoms with van der Waals surface area (Å²) in [6, 6.07) is 19.4. The van der Waals surface area contributed by atoms with Gasteiger partial charge in [0.2, 0.25) is 0 Å². The third-order valence-corrected chi connectivity index (χ3v) is 4.61. The molecule has 0 spiro atoms. The van der Waals surface area contributed by atoms with Crippen LogP contribution < -0.4 is 15.4 Å². The second kappa shape index (κ2) is 8.20. The Kier molecular flexibility index (Phi) is 5.76. The topological polar surface area (TPSA) is 38.5 Å². The third kappa shape index (κ3) is 4.51. The molecule has 3 rings (SSSR count). The van der Waals surface area contributed by atoms with Crippen LogP contribution in [-0.4, -0.2) is 25.7 Å². The van der Waals surface area contributed by atoms with E-state index in [4.69, 9.17) is 10.5 Å². The molecule has 0 radical (unpaired) electrons. The maximum Gasteiger partial charge on any atom is 0.119 e. The summed E-state index contributed by atoms with van der Waals surface area (Å²) >= 11 is 0. The predicted octanol–water partition coefficient (Wildman–Crippen LogP) is 3.87. The monoisotopic (exact) mass is 324 g/mol. The summed E-state index contributed by atoms with van der Waals surface area (Å²) in [7, 11) is 0. The molecule has 1 fully saturated rings. The fraction of sp³-hybridized carbons (Fsp3) is 0.429. The van der Waals surface area contributed by atoms with Gasteiger partial charge in [-0.25, -0.2) is 0 Å². The molecule has 24 heavy (non-hydrogen) atoms. The molecule has 0 aliphatic carbocycles. The van der Waals surface area contributed by atoms with Gasteiger partial charge in [-0.2, -0.15) is 0 Å². The Balaban J connectivity index is 1.64. The maximum atomic E-state index is 6.34. The van der Waals surface area contributed by atoms with Gasteiger partial charge in [0.05, 0.1) is 6.61 Å². The predicted molar refractivity (Wildman–Crippen MR) is 101 cm³/mol. The van der Waals surface area contributed by atoms with Crippen molar-refractivity contribution in [2.24, 2.45) is 11.7 Å². The number of ether oxygens (including phenoxy) is 1. The highest BCUT2D eigenvalue weighted by atomic mass is 16.5. The number of anilines is 1. The van der Waals surface area contributed by atoms with E-state index >= 15 is 0 Å². The minimum Gasteiger partial charge on any atom is -0.494 e. The van der Waals surface area contributed by atoms with E-state index in [-0.39, 0.29) is 6.04 Å². The lowest BCUT2D eigenvalue weighted by Crippen LogP contribution is -2.47. The maximum absolute atomic E-state index is 6.34. The zero-order chi connectivity index (χ0) is 16.8. The number of nitrogens with zero attached hydrogens (tertiary/aromatic N) is 1. The SMILES string of the molecule is CCCOc1ccc(N2CC(N)CC(Cc3ccccc3)C2)cc1. The highest BCUT2D eigenvalue weighted by molar-refractivity contribution is 5.49. The number of nitrogens with two attached hydrogens (primary N) is 1. The van der Waals surface area contributed by atoms with Crippen molar-refractivity contribution in [2.45, 2.75) is 32.2 Å². The Morgan fingerprint density at radius 1 is 1.04 bits per heavy atom. The van der Waals surface area contributed by atoms with Crippen LogP contribution in [0.4, 0.5) is 5.69 Å². The molecule has 1 aliphatic heterocycles. The second-order valence-electron chi connectivity index (χ2n) is 6.80. The van der Waals surface area contributed by atoms with Crippen molar-refractivity contribution in [2.75, 3.05) is 24.6 Å². The minimum atomic E-state index is 0.239. The van der Waals surface area contributed by atoms with E-state index in [0.29, 0.717) is 5.92 Å². The van der Waals surface area contributed by atoms with Crippen LogP contribution in [0.15, 0.2) is 54.6 Å². The van der Waals surface area contributed by atoms with E-state index in [2.05, 4.69) is 66.4 Å². The molecule has 3 nitrogen and oxygen atoms in total. The van der Waals surface area contributed by atoms with E-state index in [1.165, 1.54) is 11.3 Å². The van der Waals surface area contributed by atoms with E-state index in [9.17, 15) is 0 Å². The van der Waals surface area contributed by atoms with Gasteiger partial charge in [0.25, 0.3) is 0 Å². The third-order valence-electron chi connectivity index (χ3n) is 4.61.